The van der Waals surface area contributed by atoms with Crippen LogP contribution in [0, 0.1) is 5.92 Å². The predicted octanol–water partition coefficient (Wildman–Crippen LogP) is 3.12. The van der Waals surface area contributed by atoms with Gasteiger partial charge in [-0.05, 0) is 30.5 Å². The normalized spacial score (nSPS) is 16.1. The maximum Gasteiger partial charge on any atom is 0.229 e. The monoisotopic (exact) mass is 382 g/mol. The van der Waals surface area contributed by atoms with E-state index in [1.807, 2.05) is 18.2 Å². The molecule has 1 saturated heterocycles. The highest BCUT2D eigenvalue weighted by Crippen LogP contribution is 2.30. The standard InChI is InChI=1S/C22H26N2O4/c1-27-18-10-11-20(28-2)19(14-18)23-22(26)17-13-21(25)24(15-17)12-6-9-16-7-4-3-5-8-16/h3-5,7-8,10-11,14,17H,6,9,12-13,15H2,1-2H3,(H,23,26). The molecular formula is C22H26N2O4. The molecule has 148 valence electrons. The van der Waals surface area contributed by atoms with Gasteiger partial charge in [-0.25, -0.2) is 0 Å². The van der Waals surface area contributed by atoms with Crippen LogP contribution in [0.1, 0.15) is 18.4 Å². The second-order valence-electron chi connectivity index (χ2n) is 6.89. The number of likely N-dealkylation sites (tertiary alicyclic amines) is 1. The van der Waals surface area contributed by atoms with Gasteiger partial charge in [-0.1, -0.05) is 30.3 Å². The van der Waals surface area contributed by atoms with Crippen molar-refractivity contribution in [3.8, 4) is 11.5 Å². The molecule has 0 spiro atoms. The Morgan fingerprint density at radius 2 is 1.93 bits per heavy atom. The van der Waals surface area contributed by atoms with Gasteiger partial charge in [0.2, 0.25) is 11.8 Å². The Labute approximate surface area is 165 Å². The number of nitrogens with zero attached hydrogens (tertiary/aromatic N) is 1. The molecule has 1 fully saturated rings. The van der Waals surface area contributed by atoms with Crippen molar-refractivity contribution in [2.45, 2.75) is 19.3 Å². The van der Waals surface area contributed by atoms with Crippen molar-refractivity contribution < 1.29 is 19.1 Å². The number of hydrogen-bond acceptors (Lipinski definition) is 4. The minimum Gasteiger partial charge on any atom is -0.497 e. The predicted molar refractivity (Wildman–Crippen MR) is 108 cm³/mol. The van der Waals surface area contributed by atoms with E-state index in [0.717, 1.165) is 12.8 Å². The lowest BCUT2D eigenvalue weighted by molar-refractivity contribution is -0.128. The van der Waals surface area contributed by atoms with Gasteiger partial charge in [-0.2, -0.15) is 0 Å². The number of nitrogens with one attached hydrogen (secondary N) is 1. The Kier molecular flexibility index (Phi) is 6.53. The van der Waals surface area contributed by atoms with Crippen molar-refractivity contribution in [3.05, 3.63) is 54.1 Å². The summed E-state index contributed by atoms with van der Waals surface area (Å²) >= 11 is 0. The number of anilines is 1. The van der Waals surface area contributed by atoms with Crippen LogP contribution < -0.4 is 14.8 Å². The first-order valence-electron chi connectivity index (χ1n) is 9.45. The fourth-order valence-electron chi connectivity index (χ4n) is 3.43. The van der Waals surface area contributed by atoms with Gasteiger partial charge < -0.3 is 19.7 Å². The summed E-state index contributed by atoms with van der Waals surface area (Å²) < 4.78 is 10.5. The fourth-order valence-corrected chi connectivity index (χ4v) is 3.43. The Balaban J connectivity index is 1.55. The van der Waals surface area contributed by atoms with E-state index in [1.54, 1.807) is 37.3 Å². The Bertz CT molecular complexity index is 823. The minimum absolute atomic E-state index is 0.0332. The summed E-state index contributed by atoms with van der Waals surface area (Å²) in [6, 6.07) is 15.4. The van der Waals surface area contributed by atoms with Crippen LogP contribution in [0.2, 0.25) is 0 Å². The number of aryl methyl sites for hydroxylation is 1. The summed E-state index contributed by atoms with van der Waals surface area (Å²) in [5, 5.41) is 2.88. The number of methoxy groups -OCH3 is 2. The third kappa shape index (κ3) is 4.82. The van der Waals surface area contributed by atoms with Crippen LogP contribution in [-0.2, 0) is 16.0 Å². The zero-order chi connectivity index (χ0) is 19.9. The van der Waals surface area contributed by atoms with Gasteiger partial charge in [0.15, 0.2) is 0 Å². The number of amides is 2. The lowest BCUT2D eigenvalue weighted by Gasteiger charge is -2.17. The molecule has 2 amide bonds. The number of benzene rings is 2. The summed E-state index contributed by atoms with van der Waals surface area (Å²) in [5.74, 6) is 0.677. The minimum atomic E-state index is -0.361. The number of ether oxygens (including phenoxy) is 2. The molecule has 1 heterocycles. The molecule has 6 nitrogen and oxygen atoms in total. The topological polar surface area (TPSA) is 67.9 Å². The molecule has 0 radical (unpaired) electrons. The van der Waals surface area contributed by atoms with Crippen molar-refractivity contribution in [1.82, 2.24) is 4.90 Å². The zero-order valence-electron chi connectivity index (χ0n) is 16.3. The molecule has 2 aromatic carbocycles. The van der Waals surface area contributed by atoms with Crippen molar-refractivity contribution in [2.75, 3.05) is 32.6 Å². The number of hydrogen-bond donors (Lipinski definition) is 1. The molecule has 1 unspecified atom stereocenters. The third-order valence-corrected chi connectivity index (χ3v) is 4.99. The van der Waals surface area contributed by atoms with Crippen molar-refractivity contribution in [2.24, 2.45) is 5.92 Å². The fraction of sp³-hybridized carbons (Fsp3) is 0.364. The van der Waals surface area contributed by atoms with Crippen molar-refractivity contribution in [3.63, 3.8) is 0 Å². The highest BCUT2D eigenvalue weighted by molar-refractivity contribution is 5.98. The van der Waals surface area contributed by atoms with E-state index in [0.29, 0.717) is 30.3 Å². The number of carbonyl (C=O) groups is 2. The third-order valence-electron chi connectivity index (χ3n) is 4.99. The second kappa shape index (κ2) is 9.26. The summed E-state index contributed by atoms with van der Waals surface area (Å²) in [6.07, 6.45) is 2.04. The number of carbonyl (C=O) groups excluding carboxylic acids is 2. The van der Waals surface area contributed by atoms with Crippen LogP contribution in [0.25, 0.3) is 0 Å². The number of rotatable bonds is 8. The smallest absolute Gasteiger partial charge is 0.229 e. The molecule has 1 atom stereocenters. The van der Waals surface area contributed by atoms with Gasteiger partial charge in [0.05, 0.1) is 25.8 Å². The maximum absolute atomic E-state index is 12.7. The molecule has 1 aliphatic heterocycles. The van der Waals surface area contributed by atoms with E-state index in [4.69, 9.17) is 9.47 Å². The SMILES string of the molecule is COc1ccc(OC)c(NC(=O)C2CC(=O)N(CCCc3ccccc3)C2)c1. The molecule has 0 bridgehead atoms. The van der Waals surface area contributed by atoms with Crippen LogP contribution in [0.5, 0.6) is 11.5 Å². The Morgan fingerprint density at radius 3 is 2.64 bits per heavy atom. The first kappa shape index (κ1) is 19.7. The zero-order valence-corrected chi connectivity index (χ0v) is 16.3. The lowest BCUT2D eigenvalue weighted by Crippen LogP contribution is -2.29. The average Bonchev–Trinajstić information content (AvgIpc) is 3.09. The van der Waals surface area contributed by atoms with E-state index in [9.17, 15) is 9.59 Å². The molecule has 2 aromatic rings. The molecule has 1 aliphatic rings. The van der Waals surface area contributed by atoms with Crippen LogP contribution in [0.3, 0.4) is 0 Å². The first-order valence-corrected chi connectivity index (χ1v) is 9.45. The van der Waals surface area contributed by atoms with Crippen LogP contribution in [-0.4, -0.2) is 44.0 Å². The summed E-state index contributed by atoms with van der Waals surface area (Å²) in [5.41, 5.74) is 1.80. The van der Waals surface area contributed by atoms with Gasteiger partial charge >= 0.3 is 0 Å². The van der Waals surface area contributed by atoms with E-state index >= 15 is 0 Å². The van der Waals surface area contributed by atoms with Crippen LogP contribution >= 0.6 is 0 Å². The van der Waals surface area contributed by atoms with E-state index in [1.165, 1.54) is 5.56 Å². The van der Waals surface area contributed by atoms with Gasteiger partial charge in [-0.15, -0.1) is 0 Å². The molecular weight excluding hydrogens is 356 g/mol. The highest BCUT2D eigenvalue weighted by atomic mass is 16.5. The molecule has 0 saturated carbocycles. The molecule has 0 aliphatic carbocycles. The average molecular weight is 382 g/mol. The van der Waals surface area contributed by atoms with E-state index in [-0.39, 0.29) is 24.2 Å². The van der Waals surface area contributed by atoms with E-state index < -0.39 is 0 Å². The lowest BCUT2D eigenvalue weighted by atomic mass is 10.1. The summed E-state index contributed by atoms with van der Waals surface area (Å²) in [7, 11) is 3.11. The van der Waals surface area contributed by atoms with Crippen molar-refractivity contribution in [1.29, 1.82) is 0 Å². The largest absolute Gasteiger partial charge is 0.497 e. The molecule has 0 aromatic heterocycles. The van der Waals surface area contributed by atoms with Crippen LogP contribution in [0.4, 0.5) is 5.69 Å². The summed E-state index contributed by atoms with van der Waals surface area (Å²) in [4.78, 5) is 26.8. The van der Waals surface area contributed by atoms with Gasteiger partial charge in [0, 0.05) is 25.6 Å². The summed E-state index contributed by atoms with van der Waals surface area (Å²) in [6.45, 7) is 1.12. The van der Waals surface area contributed by atoms with Gasteiger partial charge in [0.1, 0.15) is 11.5 Å². The molecule has 6 heteroatoms. The quantitative estimate of drug-likeness (QED) is 0.762. The Hall–Kier alpha value is -3.02. The molecule has 3 rings (SSSR count). The van der Waals surface area contributed by atoms with Crippen molar-refractivity contribution >= 4 is 17.5 Å². The molecule has 28 heavy (non-hydrogen) atoms. The maximum atomic E-state index is 12.7. The van der Waals surface area contributed by atoms with Gasteiger partial charge in [-0.3, -0.25) is 9.59 Å². The van der Waals surface area contributed by atoms with Gasteiger partial charge in [0.25, 0.3) is 0 Å². The Morgan fingerprint density at radius 1 is 1.14 bits per heavy atom. The van der Waals surface area contributed by atoms with Crippen LogP contribution in [0.15, 0.2) is 48.5 Å². The first-order chi connectivity index (χ1) is 13.6. The molecule has 1 N–H and O–H groups in total. The van der Waals surface area contributed by atoms with E-state index in [2.05, 4.69) is 17.4 Å². The second-order valence-corrected chi connectivity index (χ2v) is 6.89. The highest BCUT2D eigenvalue weighted by Gasteiger charge is 2.34.